The second-order valence-electron chi connectivity index (χ2n) is 7.42. The molecule has 1 saturated carbocycles. The zero-order valence-corrected chi connectivity index (χ0v) is 15.8. The summed E-state index contributed by atoms with van der Waals surface area (Å²) < 4.78 is 1.32. The number of hydrogen-bond acceptors (Lipinski definition) is 6. The maximum absolute atomic E-state index is 12.2. The smallest absolute Gasteiger partial charge is 0.307 e. The molecule has 0 saturated heterocycles. The highest BCUT2D eigenvalue weighted by Gasteiger charge is 2.53. The number of carboxylic acids is 1. The molecule has 2 aromatic heterocycles. The molecule has 3 rings (SSSR count). The number of carbonyl (C=O) groups is 1. The van der Waals surface area contributed by atoms with Crippen LogP contribution in [0.1, 0.15) is 46.2 Å². The number of nitrogens with zero attached hydrogens (tertiary/aromatic N) is 3. The molecule has 0 aromatic carbocycles. The van der Waals surface area contributed by atoms with Gasteiger partial charge in [0.2, 0.25) is 10.1 Å². The number of aliphatic carboxylic acids is 1. The summed E-state index contributed by atoms with van der Waals surface area (Å²) in [5, 5.41) is 17.6. The van der Waals surface area contributed by atoms with Gasteiger partial charge in [0.1, 0.15) is 0 Å². The van der Waals surface area contributed by atoms with Crippen molar-refractivity contribution in [2.75, 3.05) is 5.32 Å². The van der Waals surface area contributed by atoms with Gasteiger partial charge in [0.25, 0.3) is 5.56 Å². The second kappa shape index (κ2) is 6.40. The molecule has 0 amide bonds. The van der Waals surface area contributed by atoms with Gasteiger partial charge in [0.15, 0.2) is 0 Å². The van der Waals surface area contributed by atoms with E-state index in [-0.39, 0.29) is 28.9 Å². The van der Waals surface area contributed by atoms with Crippen LogP contribution < -0.4 is 10.9 Å². The summed E-state index contributed by atoms with van der Waals surface area (Å²) in [5.41, 5.74) is 0.360. The highest BCUT2D eigenvalue weighted by molar-refractivity contribution is 7.20. The van der Waals surface area contributed by atoms with E-state index >= 15 is 0 Å². The summed E-state index contributed by atoms with van der Waals surface area (Å²) in [6, 6.07) is 1.60. The summed E-state index contributed by atoms with van der Waals surface area (Å²) in [4.78, 5) is 28.5. The third kappa shape index (κ3) is 3.15. The van der Waals surface area contributed by atoms with Crippen LogP contribution in [0.25, 0.3) is 4.96 Å². The Balaban J connectivity index is 1.78. The molecule has 1 fully saturated rings. The van der Waals surface area contributed by atoms with Crippen molar-refractivity contribution >= 4 is 27.4 Å². The van der Waals surface area contributed by atoms with Gasteiger partial charge in [-0.15, -0.1) is 5.10 Å². The van der Waals surface area contributed by atoms with Gasteiger partial charge in [-0.2, -0.15) is 4.52 Å². The Kier molecular flexibility index (Phi) is 4.57. The van der Waals surface area contributed by atoms with Crippen molar-refractivity contribution in [3.05, 3.63) is 22.1 Å². The largest absolute Gasteiger partial charge is 0.481 e. The molecule has 8 heteroatoms. The van der Waals surface area contributed by atoms with E-state index in [0.717, 1.165) is 18.5 Å². The van der Waals surface area contributed by atoms with Gasteiger partial charge < -0.3 is 10.4 Å². The molecule has 2 heterocycles. The van der Waals surface area contributed by atoms with Crippen molar-refractivity contribution in [3.63, 3.8) is 0 Å². The molecular formula is C17H24N4O3S. The molecule has 1 unspecified atom stereocenters. The molecule has 1 aliphatic carbocycles. The SMILES string of the molecule is CCCc1cc(=O)n2nc(NC(C)[C@@H]3C[C@H](C(=O)O)C3(C)C)sc2n1. The lowest BCUT2D eigenvalue weighted by Gasteiger charge is -2.52. The zero-order valence-electron chi connectivity index (χ0n) is 14.9. The van der Waals surface area contributed by atoms with E-state index in [4.69, 9.17) is 0 Å². The highest BCUT2D eigenvalue weighted by atomic mass is 32.1. The Bertz CT molecular complexity index is 857. The van der Waals surface area contributed by atoms with Gasteiger partial charge in [-0.1, -0.05) is 38.5 Å². The molecule has 0 aliphatic heterocycles. The number of rotatable bonds is 6. The average molecular weight is 364 g/mol. The van der Waals surface area contributed by atoms with Gasteiger partial charge in [-0.25, -0.2) is 4.98 Å². The Morgan fingerprint density at radius 1 is 1.56 bits per heavy atom. The van der Waals surface area contributed by atoms with E-state index < -0.39 is 5.97 Å². The fourth-order valence-corrected chi connectivity index (χ4v) is 4.74. The van der Waals surface area contributed by atoms with Crippen molar-refractivity contribution in [1.82, 2.24) is 14.6 Å². The van der Waals surface area contributed by atoms with Crippen molar-refractivity contribution in [2.45, 2.75) is 53.0 Å². The maximum Gasteiger partial charge on any atom is 0.307 e. The van der Waals surface area contributed by atoms with Crippen LogP contribution in [-0.4, -0.2) is 31.7 Å². The van der Waals surface area contributed by atoms with E-state index in [1.54, 1.807) is 0 Å². The number of carboxylic acid groups (broad SMARTS) is 1. The molecule has 1 aliphatic rings. The van der Waals surface area contributed by atoms with E-state index in [9.17, 15) is 14.7 Å². The average Bonchev–Trinajstić information content (AvgIpc) is 2.89. The van der Waals surface area contributed by atoms with E-state index in [1.165, 1.54) is 21.9 Å². The molecular weight excluding hydrogens is 340 g/mol. The normalized spacial score (nSPS) is 23.2. The minimum atomic E-state index is -0.729. The standard InChI is InChI=1S/C17H24N4O3S/c1-5-6-10-7-13(22)21-16(19-10)25-15(20-21)18-9(2)11-8-12(14(23)24)17(11,3)4/h7,9,11-12H,5-6,8H2,1-4H3,(H,18,20)(H,23,24)/t9?,11-,12+/m0/s1. The van der Waals surface area contributed by atoms with Gasteiger partial charge in [0, 0.05) is 17.8 Å². The van der Waals surface area contributed by atoms with Crippen LogP contribution in [0.2, 0.25) is 0 Å². The van der Waals surface area contributed by atoms with Gasteiger partial charge >= 0.3 is 5.97 Å². The van der Waals surface area contributed by atoms with Crippen molar-refractivity contribution < 1.29 is 9.90 Å². The maximum atomic E-state index is 12.2. The molecule has 2 N–H and O–H groups in total. The number of aryl methyl sites for hydroxylation is 1. The number of fused-ring (bicyclic) bond motifs is 1. The molecule has 2 aromatic rings. The van der Waals surface area contributed by atoms with Crippen molar-refractivity contribution in [2.24, 2.45) is 17.3 Å². The van der Waals surface area contributed by atoms with Crippen LogP contribution in [0.3, 0.4) is 0 Å². The number of hydrogen-bond donors (Lipinski definition) is 2. The molecule has 0 bridgehead atoms. The summed E-state index contributed by atoms with van der Waals surface area (Å²) >= 11 is 1.35. The lowest BCUT2D eigenvalue weighted by molar-refractivity contribution is -0.159. The third-order valence-electron chi connectivity index (χ3n) is 5.40. The summed E-state index contributed by atoms with van der Waals surface area (Å²) in [5.74, 6) is -0.799. The summed E-state index contributed by atoms with van der Waals surface area (Å²) in [6.45, 7) is 8.09. The minimum absolute atomic E-state index is 0.0666. The molecule has 136 valence electrons. The number of aromatic nitrogens is 3. The fourth-order valence-electron chi connectivity index (χ4n) is 3.82. The first-order chi connectivity index (χ1) is 11.7. The van der Waals surface area contributed by atoms with Crippen LogP contribution in [0, 0.1) is 17.3 Å². The zero-order chi connectivity index (χ0) is 18.4. The fraction of sp³-hybridized carbons (Fsp3) is 0.647. The quantitative estimate of drug-likeness (QED) is 0.818. The lowest BCUT2D eigenvalue weighted by Crippen LogP contribution is -2.54. The lowest BCUT2D eigenvalue weighted by atomic mass is 9.53. The summed E-state index contributed by atoms with van der Waals surface area (Å²) in [6.07, 6.45) is 2.36. The predicted octanol–water partition coefficient (Wildman–Crippen LogP) is 2.65. The predicted molar refractivity (Wildman–Crippen MR) is 97.2 cm³/mol. The first-order valence-electron chi connectivity index (χ1n) is 8.63. The van der Waals surface area contributed by atoms with Gasteiger partial charge in [0.05, 0.1) is 5.92 Å². The first kappa shape index (κ1) is 17.8. The molecule has 3 atom stereocenters. The first-order valence-corrected chi connectivity index (χ1v) is 9.44. The van der Waals surface area contributed by atoms with E-state index in [0.29, 0.717) is 16.5 Å². The van der Waals surface area contributed by atoms with Gasteiger partial charge in [-0.05, 0) is 31.1 Å². The van der Waals surface area contributed by atoms with E-state index in [1.807, 2.05) is 20.8 Å². The summed E-state index contributed by atoms with van der Waals surface area (Å²) in [7, 11) is 0. The highest BCUT2D eigenvalue weighted by Crippen LogP contribution is 2.53. The van der Waals surface area contributed by atoms with Crippen LogP contribution >= 0.6 is 11.3 Å². The Hall–Kier alpha value is -1.96. The number of nitrogens with one attached hydrogen (secondary N) is 1. The van der Waals surface area contributed by atoms with E-state index in [2.05, 4.69) is 22.3 Å². The topological polar surface area (TPSA) is 96.6 Å². The van der Waals surface area contributed by atoms with Crippen LogP contribution in [0.4, 0.5) is 5.13 Å². The van der Waals surface area contributed by atoms with Gasteiger partial charge in [-0.3, -0.25) is 9.59 Å². The van der Waals surface area contributed by atoms with Crippen molar-refractivity contribution in [3.8, 4) is 0 Å². The second-order valence-corrected chi connectivity index (χ2v) is 8.38. The van der Waals surface area contributed by atoms with Crippen LogP contribution in [0.15, 0.2) is 10.9 Å². The minimum Gasteiger partial charge on any atom is -0.481 e. The Labute approximate surface area is 150 Å². The molecule has 25 heavy (non-hydrogen) atoms. The number of anilines is 1. The third-order valence-corrected chi connectivity index (χ3v) is 6.24. The van der Waals surface area contributed by atoms with Crippen molar-refractivity contribution in [1.29, 1.82) is 0 Å². The monoisotopic (exact) mass is 364 g/mol. The van der Waals surface area contributed by atoms with Crippen LogP contribution in [-0.2, 0) is 11.2 Å². The Morgan fingerprint density at radius 3 is 2.88 bits per heavy atom. The molecule has 7 nitrogen and oxygen atoms in total. The Morgan fingerprint density at radius 2 is 2.28 bits per heavy atom. The van der Waals surface area contributed by atoms with Crippen LogP contribution in [0.5, 0.6) is 0 Å². The molecule has 0 radical (unpaired) electrons. The molecule has 0 spiro atoms.